The number of carbonyl (C=O) groups excluding carboxylic acids is 2. The summed E-state index contributed by atoms with van der Waals surface area (Å²) in [5, 5.41) is 22.1. The van der Waals surface area contributed by atoms with Crippen LogP contribution in [-0.2, 0) is 19.2 Å². The molecule has 0 aromatic rings. The average Bonchev–Trinajstić information content (AvgIpc) is 2.29. The van der Waals surface area contributed by atoms with Gasteiger partial charge in [-0.2, -0.15) is 0 Å². The van der Waals surface area contributed by atoms with Crippen molar-refractivity contribution in [2.45, 2.75) is 45.7 Å². The van der Waals surface area contributed by atoms with E-state index in [9.17, 15) is 19.2 Å². The zero-order valence-electron chi connectivity index (χ0n) is 11.7. The van der Waals surface area contributed by atoms with Crippen molar-refractivity contribution in [1.82, 2.24) is 10.6 Å². The summed E-state index contributed by atoms with van der Waals surface area (Å²) in [4.78, 5) is 44.4. The molecule has 8 nitrogen and oxygen atoms in total. The van der Waals surface area contributed by atoms with Gasteiger partial charge in [0.1, 0.15) is 12.1 Å². The molecule has 0 unspecified atom stereocenters. The minimum Gasteiger partial charge on any atom is -0.481 e. The molecule has 2 amide bonds. The van der Waals surface area contributed by atoms with Gasteiger partial charge in [-0.05, 0) is 12.3 Å². The lowest BCUT2D eigenvalue weighted by Crippen LogP contribution is -2.53. The molecule has 114 valence electrons. The van der Waals surface area contributed by atoms with Gasteiger partial charge in [0, 0.05) is 13.3 Å². The fourth-order valence-corrected chi connectivity index (χ4v) is 1.54. The van der Waals surface area contributed by atoms with E-state index in [2.05, 4.69) is 10.6 Å². The van der Waals surface area contributed by atoms with Crippen LogP contribution in [-0.4, -0.2) is 46.0 Å². The highest BCUT2D eigenvalue weighted by atomic mass is 16.4. The number of carboxylic acid groups (broad SMARTS) is 2. The lowest BCUT2D eigenvalue weighted by molar-refractivity contribution is -0.143. The summed E-state index contributed by atoms with van der Waals surface area (Å²) in [6.07, 6.45) is -0.592. The Morgan fingerprint density at radius 3 is 1.95 bits per heavy atom. The van der Waals surface area contributed by atoms with Crippen LogP contribution >= 0.6 is 0 Å². The molecule has 0 heterocycles. The Balaban J connectivity index is 4.74. The van der Waals surface area contributed by atoms with Gasteiger partial charge >= 0.3 is 11.9 Å². The van der Waals surface area contributed by atoms with Crippen LogP contribution < -0.4 is 10.6 Å². The Morgan fingerprint density at radius 1 is 1.05 bits per heavy atom. The Labute approximate surface area is 116 Å². The molecule has 0 rings (SSSR count). The van der Waals surface area contributed by atoms with Gasteiger partial charge < -0.3 is 20.8 Å². The summed E-state index contributed by atoms with van der Waals surface area (Å²) in [5.41, 5.74) is 0. The molecule has 0 spiro atoms. The molecule has 0 aliphatic rings. The molecule has 4 N–H and O–H groups in total. The minimum absolute atomic E-state index is 0.221. The summed E-state index contributed by atoms with van der Waals surface area (Å²) in [7, 11) is 0. The first-order valence-electron chi connectivity index (χ1n) is 6.17. The highest BCUT2D eigenvalue weighted by Crippen LogP contribution is 2.04. The second-order valence-electron chi connectivity index (χ2n) is 4.75. The van der Waals surface area contributed by atoms with Crippen molar-refractivity contribution in [2.24, 2.45) is 5.92 Å². The van der Waals surface area contributed by atoms with Crippen molar-refractivity contribution in [3.63, 3.8) is 0 Å². The van der Waals surface area contributed by atoms with Crippen LogP contribution in [0.15, 0.2) is 0 Å². The number of carboxylic acids is 2. The summed E-state index contributed by atoms with van der Waals surface area (Å²) < 4.78 is 0. The molecule has 0 bridgehead atoms. The van der Waals surface area contributed by atoms with Crippen molar-refractivity contribution in [3.8, 4) is 0 Å². The van der Waals surface area contributed by atoms with Gasteiger partial charge in [0.15, 0.2) is 0 Å². The molecule has 0 aliphatic heterocycles. The van der Waals surface area contributed by atoms with Crippen molar-refractivity contribution in [3.05, 3.63) is 0 Å². The van der Waals surface area contributed by atoms with Gasteiger partial charge in [-0.1, -0.05) is 13.8 Å². The third-order valence-electron chi connectivity index (χ3n) is 2.57. The number of hydrogen-bond acceptors (Lipinski definition) is 4. The maximum absolute atomic E-state index is 11.9. The number of rotatable bonds is 8. The van der Waals surface area contributed by atoms with E-state index in [1.165, 1.54) is 6.92 Å². The molecular formula is C12H20N2O6. The van der Waals surface area contributed by atoms with Crippen molar-refractivity contribution < 1.29 is 29.4 Å². The first-order valence-corrected chi connectivity index (χ1v) is 6.17. The van der Waals surface area contributed by atoms with Crippen LogP contribution in [0.25, 0.3) is 0 Å². The summed E-state index contributed by atoms with van der Waals surface area (Å²) >= 11 is 0. The van der Waals surface area contributed by atoms with Gasteiger partial charge in [-0.25, -0.2) is 4.79 Å². The van der Waals surface area contributed by atoms with E-state index in [1.54, 1.807) is 13.8 Å². The zero-order chi connectivity index (χ0) is 15.9. The van der Waals surface area contributed by atoms with Crippen LogP contribution in [0.5, 0.6) is 0 Å². The van der Waals surface area contributed by atoms with Crippen LogP contribution in [0.2, 0.25) is 0 Å². The van der Waals surface area contributed by atoms with Gasteiger partial charge in [-0.3, -0.25) is 14.4 Å². The van der Waals surface area contributed by atoms with Crippen molar-refractivity contribution in [2.75, 3.05) is 0 Å². The molecule has 0 radical (unpaired) electrons. The van der Waals surface area contributed by atoms with Gasteiger partial charge in [0.05, 0.1) is 0 Å². The second-order valence-corrected chi connectivity index (χ2v) is 4.75. The van der Waals surface area contributed by atoms with E-state index < -0.39 is 35.8 Å². The molecule has 0 fully saturated rings. The normalized spacial score (nSPS) is 13.4. The van der Waals surface area contributed by atoms with Crippen molar-refractivity contribution >= 4 is 23.8 Å². The fraction of sp³-hybridized carbons (Fsp3) is 0.667. The summed E-state index contributed by atoms with van der Waals surface area (Å²) in [6, 6.07) is -2.16. The molecular weight excluding hydrogens is 268 g/mol. The van der Waals surface area contributed by atoms with E-state index in [4.69, 9.17) is 10.2 Å². The highest BCUT2D eigenvalue weighted by Gasteiger charge is 2.28. The Morgan fingerprint density at radius 2 is 1.60 bits per heavy atom. The number of nitrogens with one attached hydrogen (secondary N) is 2. The molecule has 0 aliphatic carbocycles. The largest absolute Gasteiger partial charge is 0.481 e. The fourth-order valence-electron chi connectivity index (χ4n) is 1.54. The van der Waals surface area contributed by atoms with Crippen molar-refractivity contribution in [1.29, 1.82) is 0 Å². The van der Waals surface area contributed by atoms with Gasteiger partial charge in [0.2, 0.25) is 11.8 Å². The maximum Gasteiger partial charge on any atom is 0.326 e. The van der Waals surface area contributed by atoms with Gasteiger partial charge in [0.25, 0.3) is 0 Å². The van der Waals surface area contributed by atoms with Crippen LogP contribution in [0.4, 0.5) is 0 Å². The standard InChI is InChI=1S/C12H20N2O6/c1-6(2)10(13-7(3)15)11(18)14-8(12(19)20)4-5-9(16)17/h6,8,10H,4-5H2,1-3H3,(H,13,15)(H,14,18)(H,16,17)(H,19,20)/t8-,10-/m1/s1. The number of carbonyl (C=O) groups is 4. The predicted molar refractivity (Wildman–Crippen MR) is 68.9 cm³/mol. The third-order valence-corrected chi connectivity index (χ3v) is 2.57. The molecule has 0 saturated carbocycles. The Bertz CT molecular complexity index is 393. The topological polar surface area (TPSA) is 133 Å². The van der Waals surface area contributed by atoms with E-state index in [0.29, 0.717) is 0 Å². The smallest absolute Gasteiger partial charge is 0.326 e. The van der Waals surface area contributed by atoms with Crippen LogP contribution in [0.3, 0.4) is 0 Å². The molecule has 2 atom stereocenters. The molecule has 8 heteroatoms. The zero-order valence-corrected chi connectivity index (χ0v) is 11.7. The lowest BCUT2D eigenvalue weighted by atomic mass is 10.0. The average molecular weight is 288 g/mol. The van der Waals surface area contributed by atoms with Gasteiger partial charge in [-0.15, -0.1) is 0 Å². The lowest BCUT2D eigenvalue weighted by Gasteiger charge is -2.23. The van der Waals surface area contributed by atoms with E-state index in [-0.39, 0.29) is 18.8 Å². The first-order chi connectivity index (χ1) is 9.15. The Kier molecular flexibility index (Phi) is 7.27. The van der Waals surface area contributed by atoms with Crippen LogP contribution in [0.1, 0.15) is 33.6 Å². The minimum atomic E-state index is -1.31. The molecule has 0 saturated heterocycles. The monoisotopic (exact) mass is 288 g/mol. The van der Waals surface area contributed by atoms with E-state index >= 15 is 0 Å². The maximum atomic E-state index is 11.9. The summed E-state index contributed by atoms with van der Waals surface area (Å²) in [6.45, 7) is 4.65. The quantitative estimate of drug-likeness (QED) is 0.479. The highest BCUT2D eigenvalue weighted by molar-refractivity contribution is 5.90. The number of amides is 2. The number of hydrogen-bond donors (Lipinski definition) is 4. The SMILES string of the molecule is CC(=O)N[C@@H](C(=O)N[C@H](CCC(=O)O)C(=O)O)C(C)C. The van der Waals surface area contributed by atoms with E-state index in [1.807, 2.05) is 0 Å². The second kappa shape index (κ2) is 8.13. The predicted octanol–water partition coefficient (Wildman–Crippen LogP) is -0.419. The molecule has 0 aromatic heterocycles. The molecule has 0 aromatic carbocycles. The first kappa shape index (κ1) is 17.9. The van der Waals surface area contributed by atoms with Crippen LogP contribution in [0, 0.1) is 5.92 Å². The number of aliphatic carboxylic acids is 2. The molecule has 20 heavy (non-hydrogen) atoms. The summed E-state index contributed by atoms with van der Waals surface area (Å²) in [5.74, 6) is -3.74. The van der Waals surface area contributed by atoms with E-state index in [0.717, 1.165) is 0 Å². The Hall–Kier alpha value is -2.12. The third kappa shape index (κ3) is 6.72.